The zero-order valence-electron chi connectivity index (χ0n) is 17.4. The van der Waals surface area contributed by atoms with Gasteiger partial charge in [-0.3, -0.25) is 19.7 Å². The lowest BCUT2D eigenvalue weighted by molar-refractivity contribution is -0.126. The molecule has 3 aromatic rings. The quantitative estimate of drug-likeness (QED) is 0.639. The molecule has 32 heavy (non-hydrogen) atoms. The molecule has 0 spiro atoms. The topological polar surface area (TPSA) is 109 Å². The molecule has 4 heterocycles. The maximum Gasteiger partial charge on any atom is 0.271 e. The molecule has 9 nitrogen and oxygen atoms in total. The van der Waals surface area contributed by atoms with Gasteiger partial charge in [-0.1, -0.05) is 6.07 Å². The van der Waals surface area contributed by atoms with Gasteiger partial charge < -0.3 is 19.7 Å². The number of piperidine rings is 1. The Balaban J connectivity index is 1.19. The van der Waals surface area contributed by atoms with Crippen LogP contribution in [0.25, 0.3) is 11.3 Å². The predicted molar refractivity (Wildman–Crippen MR) is 115 cm³/mol. The standard InChI is InChI=1S/C23H23N5O4/c29-22(25-12-15-3-4-20-21(10-15)32-14-31-20)17-2-1-9-28(13-17)23(30)19-11-18(26-27-19)16-5-7-24-8-6-16/h3-8,10-11,17H,1-2,9,12-14H2,(H,25,29)(H,26,27)/t17-/m1/s1. The lowest BCUT2D eigenvalue weighted by Crippen LogP contribution is -2.45. The zero-order chi connectivity index (χ0) is 21.9. The van der Waals surface area contributed by atoms with Gasteiger partial charge in [0.25, 0.3) is 5.91 Å². The van der Waals surface area contributed by atoms with Crippen molar-refractivity contribution in [3.8, 4) is 22.8 Å². The molecule has 2 aliphatic heterocycles. The van der Waals surface area contributed by atoms with Gasteiger partial charge in [0.05, 0.1) is 11.6 Å². The number of benzene rings is 1. The molecule has 1 aromatic carbocycles. The number of nitrogens with zero attached hydrogens (tertiary/aromatic N) is 3. The van der Waals surface area contributed by atoms with Gasteiger partial charge in [0.1, 0.15) is 5.69 Å². The first kappa shape index (κ1) is 20.0. The Labute approximate surface area is 184 Å². The summed E-state index contributed by atoms with van der Waals surface area (Å²) < 4.78 is 10.7. The number of likely N-dealkylation sites (tertiary alicyclic amines) is 1. The average molecular weight is 433 g/mol. The fourth-order valence-electron chi connectivity index (χ4n) is 4.03. The second-order valence-electron chi connectivity index (χ2n) is 7.90. The molecule has 2 N–H and O–H groups in total. The largest absolute Gasteiger partial charge is 0.454 e. The summed E-state index contributed by atoms with van der Waals surface area (Å²) in [7, 11) is 0. The lowest BCUT2D eigenvalue weighted by atomic mass is 9.96. The SMILES string of the molecule is O=C(NCc1ccc2c(c1)OCO2)[C@@H]1CCCN(C(=O)c2cc(-c3ccncc3)n[nH]2)C1. The van der Waals surface area contributed by atoms with E-state index < -0.39 is 0 Å². The number of carbonyl (C=O) groups excluding carboxylic acids is 2. The van der Waals surface area contributed by atoms with Crippen molar-refractivity contribution in [2.75, 3.05) is 19.9 Å². The Bertz CT molecular complexity index is 1130. The lowest BCUT2D eigenvalue weighted by Gasteiger charge is -2.31. The second kappa shape index (κ2) is 8.70. The maximum atomic E-state index is 13.0. The molecule has 2 amide bonds. The first-order valence-corrected chi connectivity index (χ1v) is 10.6. The molecule has 164 valence electrons. The van der Waals surface area contributed by atoms with Crippen molar-refractivity contribution >= 4 is 11.8 Å². The number of H-pyrrole nitrogens is 1. The Morgan fingerprint density at radius 2 is 1.97 bits per heavy atom. The number of amides is 2. The van der Waals surface area contributed by atoms with Gasteiger partial charge in [0.2, 0.25) is 12.7 Å². The molecule has 0 unspecified atom stereocenters. The maximum absolute atomic E-state index is 13.0. The van der Waals surface area contributed by atoms with Crippen LogP contribution in [0.3, 0.4) is 0 Å². The number of carbonyl (C=O) groups is 2. The van der Waals surface area contributed by atoms with E-state index in [-0.39, 0.29) is 24.5 Å². The van der Waals surface area contributed by atoms with Gasteiger partial charge in [0.15, 0.2) is 11.5 Å². The number of hydrogen-bond acceptors (Lipinski definition) is 6. The summed E-state index contributed by atoms with van der Waals surface area (Å²) in [5, 5.41) is 10.1. The highest BCUT2D eigenvalue weighted by Gasteiger charge is 2.29. The number of aromatic amines is 1. The van der Waals surface area contributed by atoms with Crippen molar-refractivity contribution in [2.45, 2.75) is 19.4 Å². The fourth-order valence-corrected chi connectivity index (χ4v) is 4.03. The van der Waals surface area contributed by atoms with Gasteiger partial charge >= 0.3 is 0 Å². The number of nitrogens with one attached hydrogen (secondary N) is 2. The van der Waals surface area contributed by atoms with Crippen molar-refractivity contribution < 1.29 is 19.1 Å². The van der Waals surface area contributed by atoms with Crippen LogP contribution < -0.4 is 14.8 Å². The first-order valence-electron chi connectivity index (χ1n) is 10.6. The van der Waals surface area contributed by atoms with Gasteiger partial charge in [0, 0.05) is 37.6 Å². The smallest absolute Gasteiger partial charge is 0.271 e. The average Bonchev–Trinajstić information content (AvgIpc) is 3.52. The molecule has 2 aliphatic rings. The Morgan fingerprint density at radius 3 is 2.84 bits per heavy atom. The fraction of sp³-hybridized carbons (Fsp3) is 0.304. The molecule has 5 rings (SSSR count). The minimum absolute atomic E-state index is 0.0535. The van der Waals surface area contributed by atoms with Crippen molar-refractivity contribution in [1.29, 1.82) is 0 Å². The summed E-state index contributed by atoms with van der Waals surface area (Å²) in [5.74, 6) is 0.960. The molecule has 0 saturated carbocycles. The third kappa shape index (κ3) is 4.14. The van der Waals surface area contributed by atoms with Gasteiger partial charge in [-0.05, 0) is 48.7 Å². The predicted octanol–water partition coefficient (Wildman–Crippen LogP) is 2.37. The third-order valence-electron chi connectivity index (χ3n) is 5.77. The first-order chi connectivity index (χ1) is 15.7. The van der Waals surface area contributed by atoms with E-state index in [0.717, 1.165) is 24.0 Å². The molecule has 1 atom stereocenters. The molecular weight excluding hydrogens is 410 g/mol. The van der Waals surface area contributed by atoms with Gasteiger partial charge in [-0.15, -0.1) is 0 Å². The summed E-state index contributed by atoms with van der Waals surface area (Å²) in [4.78, 5) is 31.5. The summed E-state index contributed by atoms with van der Waals surface area (Å²) >= 11 is 0. The summed E-state index contributed by atoms with van der Waals surface area (Å²) in [6.07, 6.45) is 4.90. The summed E-state index contributed by atoms with van der Waals surface area (Å²) in [6.45, 7) is 1.62. The van der Waals surface area contributed by atoms with Crippen LogP contribution in [0, 0.1) is 5.92 Å². The molecule has 0 bridgehead atoms. The number of fused-ring (bicyclic) bond motifs is 1. The molecule has 2 aromatic heterocycles. The molecule has 0 aliphatic carbocycles. The van der Waals surface area contributed by atoms with Crippen molar-refractivity contribution in [3.05, 3.63) is 60.0 Å². The highest BCUT2D eigenvalue weighted by Crippen LogP contribution is 2.32. The van der Waals surface area contributed by atoms with E-state index in [4.69, 9.17) is 9.47 Å². The van der Waals surface area contributed by atoms with Crippen molar-refractivity contribution in [3.63, 3.8) is 0 Å². The normalized spacial score (nSPS) is 17.2. The van der Waals surface area contributed by atoms with E-state index in [0.29, 0.717) is 42.5 Å². The van der Waals surface area contributed by atoms with Gasteiger partial charge in [-0.2, -0.15) is 5.10 Å². The molecule has 9 heteroatoms. The number of aromatic nitrogens is 3. The number of pyridine rings is 1. The summed E-state index contributed by atoms with van der Waals surface area (Å²) in [5.41, 5.74) is 2.92. The highest BCUT2D eigenvalue weighted by molar-refractivity contribution is 5.94. The third-order valence-corrected chi connectivity index (χ3v) is 5.77. The minimum atomic E-state index is -0.246. The Morgan fingerprint density at radius 1 is 1.12 bits per heavy atom. The van der Waals surface area contributed by atoms with Crippen LogP contribution in [0.5, 0.6) is 11.5 Å². The van der Waals surface area contributed by atoms with E-state index in [1.54, 1.807) is 23.4 Å². The number of ether oxygens (including phenoxy) is 2. The van der Waals surface area contributed by atoms with E-state index in [2.05, 4.69) is 20.5 Å². The summed E-state index contributed by atoms with van der Waals surface area (Å²) in [6, 6.07) is 11.0. The van der Waals surface area contributed by atoms with Crippen LogP contribution >= 0.6 is 0 Å². The molecule has 1 saturated heterocycles. The van der Waals surface area contributed by atoms with Crippen molar-refractivity contribution in [1.82, 2.24) is 25.4 Å². The highest BCUT2D eigenvalue weighted by atomic mass is 16.7. The van der Waals surface area contributed by atoms with E-state index in [1.165, 1.54) is 0 Å². The van der Waals surface area contributed by atoms with Gasteiger partial charge in [-0.25, -0.2) is 0 Å². The second-order valence-corrected chi connectivity index (χ2v) is 7.90. The number of hydrogen-bond donors (Lipinski definition) is 2. The van der Waals surface area contributed by atoms with E-state index >= 15 is 0 Å². The zero-order valence-corrected chi connectivity index (χ0v) is 17.4. The van der Waals surface area contributed by atoms with Crippen LogP contribution in [-0.4, -0.2) is 51.8 Å². The van der Waals surface area contributed by atoms with Crippen LogP contribution in [-0.2, 0) is 11.3 Å². The van der Waals surface area contributed by atoms with Crippen molar-refractivity contribution in [2.24, 2.45) is 5.92 Å². The molecule has 1 fully saturated rings. The van der Waals surface area contributed by atoms with Crippen LogP contribution in [0.1, 0.15) is 28.9 Å². The van der Waals surface area contributed by atoms with E-state index in [9.17, 15) is 9.59 Å². The number of rotatable bonds is 5. The Kier molecular flexibility index (Phi) is 5.45. The van der Waals surface area contributed by atoms with Crippen LogP contribution in [0.4, 0.5) is 0 Å². The van der Waals surface area contributed by atoms with E-state index in [1.807, 2.05) is 30.3 Å². The minimum Gasteiger partial charge on any atom is -0.454 e. The van der Waals surface area contributed by atoms with Crippen LogP contribution in [0.15, 0.2) is 48.8 Å². The Hall–Kier alpha value is -3.88. The molecular formula is C23H23N5O4. The van der Waals surface area contributed by atoms with Crippen LogP contribution in [0.2, 0.25) is 0 Å². The molecule has 0 radical (unpaired) electrons. The monoisotopic (exact) mass is 433 g/mol.